The zero-order valence-corrected chi connectivity index (χ0v) is 17.0. The quantitative estimate of drug-likeness (QED) is 0.540. The van der Waals surface area contributed by atoms with E-state index < -0.39 is 16.2 Å². The highest BCUT2D eigenvalue weighted by Crippen LogP contribution is 2.91. The van der Waals surface area contributed by atoms with Crippen LogP contribution in [0.3, 0.4) is 0 Å². The predicted octanol–water partition coefficient (Wildman–Crippen LogP) is 5.12. The molecule has 1 spiro atoms. The van der Waals surface area contributed by atoms with Crippen molar-refractivity contribution in [2.45, 2.75) is 17.8 Å². The van der Waals surface area contributed by atoms with E-state index in [0.29, 0.717) is 15.7 Å². The second-order valence-corrected chi connectivity index (χ2v) is 8.98. The number of carbonyl (C=O) groups excluding carboxylic acids is 2. The second-order valence-electron chi connectivity index (χ2n) is 8.11. The van der Waals surface area contributed by atoms with Gasteiger partial charge in [0.05, 0.1) is 16.5 Å². The molecule has 1 saturated carbocycles. The maximum absolute atomic E-state index is 13.9. The minimum Gasteiger partial charge on any atom is -0.273 e. The van der Waals surface area contributed by atoms with Gasteiger partial charge in [0.2, 0.25) is 11.8 Å². The van der Waals surface area contributed by atoms with Crippen LogP contribution >= 0.6 is 23.2 Å². The Morgan fingerprint density at radius 1 is 0.724 bits per heavy atom. The Morgan fingerprint density at radius 3 is 1.90 bits per heavy atom. The van der Waals surface area contributed by atoms with Crippen molar-refractivity contribution >= 4 is 40.7 Å². The minimum atomic E-state index is -0.885. The molecular weight excluding hydrogens is 405 g/mol. The predicted molar refractivity (Wildman–Crippen MR) is 112 cm³/mol. The molecule has 0 bridgehead atoms. The van der Waals surface area contributed by atoms with Crippen LogP contribution in [0.25, 0.3) is 0 Å². The summed E-state index contributed by atoms with van der Waals surface area (Å²) in [4.78, 5) is 29.0. The van der Waals surface area contributed by atoms with E-state index in [2.05, 4.69) is 0 Å². The molecule has 2 aliphatic carbocycles. The van der Waals surface area contributed by atoms with Crippen LogP contribution in [0.4, 0.5) is 5.69 Å². The van der Waals surface area contributed by atoms with Gasteiger partial charge >= 0.3 is 0 Å². The molecule has 2 amide bonds. The first-order valence-electron chi connectivity index (χ1n) is 9.43. The maximum Gasteiger partial charge on any atom is 0.246 e. The Bertz CT molecular complexity index is 1240. The molecule has 6 rings (SSSR count). The average Bonchev–Trinajstić information content (AvgIpc) is 3.07. The van der Waals surface area contributed by atoms with Gasteiger partial charge in [0, 0.05) is 10.0 Å². The van der Waals surface area contributed by atoms with Crippen molar-refractivity contribution in [2.24, 2.45) is 5.41 Å². The SMILES string of the molecule is C[C@]12C(=O)N(c3cc(Cl)cc(Cl)c3)C(=O)[C@]13c1ccccc1[C@]23c1ccccc1. The zero-order chi connectivity index (χ0) is 20.2. The highest BCUT2D eigenvalue weighted by atomic mass is 35.5. The van der Waals surface area contributed by atoms with Crippen molar-refractivity contribution in [2.75, 3.05) is 4.90 Å². The standard InChI is InChI=1S/C24H15Cl2NO2/c1-22-20(28)27(17-12-15(25)11-16(26)13-17)21(29)24(22)19-10-6-5-9-18(19)23(22,24)14-7-3-2-4-8-14/h2-13H,1H3/t22-,23-,24-/m1/s1. The molecule has 0 aromatic heterocycles. The fraction of sp³-hybridized carbons (Fsp3) is 0.167. The van der Waals surface area contributed by atoms with Crippen molar-refractivity contribution in [3.8, 4) is 0 Å². The van der Waals surface area contributed by atoms with Gasteiger partial charge in [-0.05, 0) is 41.8 Å². The number of nitrogens with zero attached hydrogens (tertiary/aromatic N) is 1. The summed E-state index contributed by atoms with van der Waals surface area (Å²) in [6.45, 7) is 1.92. The highest BCUT2D eigenvalue weighted by Gasteiger charge is 3.02. The summed E-state index contributed by atoms with van der Waals surface area (Å²) in [6.07, 6.45) is 0. The summed E-state index contributed by atoms with van der Waals surface area (Å²) in [5, 5.41) is 0.777. The van der Waals surface area contributed by atoms with Gasteiger partial charge in [-0.15, -0.1) is 0 Å². The summed E-state index contributed by atoms with van der Waals surface area (Å²) in [5.74, 6) is -0.410. The Labute approximate surface area is 177 Å². The molecule has 0 N–H and O–H groups in total. The van der Waals surface area contributed by atoms with Crippen LogP contribution in [0.2, 0.25) is 10.0 Å². The summed E-state index contributed by atoms with van der Waals surface area (Å²) < 4.78 is 0. The summed E-state index contributed by atoms with van der Waals surface area (Å²) in [6, 6.07) is 22.6. The minimum absolute atomic E-state index is 0.203. The summed E-state index contributed by atoms with van der Waals surface area (Å²) >= 11 is 12.3. The zero-order valence-electron chi connectivity index (χ0n) is 15.4. The lowest BCUT2D eigenvalue weighted by atomic mass is 9.64. The molecule has 1 aliphatic heterocycles. The number of rotatable bonds is 2. The molecule has 3 aliphatic rings. The number of benzene rings is 3. The van der Waals surface area contributed by atoms with E-state index in [1.165, 1.54) is 4.90 Å². The van der Waals surface area contributed by atoms with Crippen LogP contribution in [-0.2, 0) is 20.4 Å². The lowest BCUT2D eigenvalue weighted by Gasteiger charge is -2.40. The fourth-order valence-corrected chi connectivity index (χ4v) is 6.80. The molecule has 142 valence electrons. The molecule has 1 saturated heterocycles. The molecule has 0 radical (unpaired) electrons. The van der Waals surface area contributed by atoms with Gasteiger partial charge in [-0.2, -0.15) is 0 Å². The molecule has 3 atom stereocenters. The van der Waals surface area contributed by atoms with Gasteiger partial charge in [0.25, 0.3) is 0 Å². The van der Waals surface area contributed by atoms with Crippen molar-refractivity contribution < 1.29 is 9.59 Å². The number of hydrogen-bond donors (Lipinski definition) is 0. The highest BCUT2D eigenvalue weighted by molar-refractivity contribution is 6.38. The Hall–Kier alpha value is -2.62. The molecule has 1 heterocycles. The Morgan fingerprint density at radius 2 is 1.28 bits per heavy atom. The van der Waals surface area contributed by atoms with Crippen molar-refractivity contribution in [1.29, 1.82) is 0 Å². The molecule has 29 heavy (non-hydrogen) atoms. The molecule has 3 nitrogen and oxygen atoms in total. The first-order valence-corrected chi connectivity index (χ1v) is 10.2. The molecular formula is C24H15Cl2NO2. The lowest BCUT2D eigenvalue weighted by Crippen LogP contribution is -2.50. The number of halogens is 2. The van der Waals surface area contributed by atoms with Crippen LogP contribution in [0, 0.1) is 5.41 Å². The summed E-state index contributed by atoms with van der Waals surface area (Å²) in [5.41, 5.74) is 1.06. The van der Waals surface area contributed by atoms with Gasteiger partial charge in [-0.3, -0.25) is 9.59 Å². The van der Waals surface area contributed by atoms with Gasteiger partial charge in [-0.25, -0.2) is 4.90 Å². The van der Waals surface area contributed by atoms with Crippen LogP contribution in [0.1, 0.15) is 23.6 Å². The van der Waals surface area contributed by atoms with Gasteiger partial charge in [0.15, 0.2) is 0 Å². The van der Waals surface area contributed by atoms with E-state index in [-0.39, 0.29) is 11.8 Å². The van der Waals surface area contributed by atoms with Crippen LogP contribution in [0.5, 0.6) is 0 Å². The third-order valence-corrected chi connectivity index (χ3v) is 7.64. The van der Waals surface area contributed by atoms with Crippen LogP contribution in [0.15, 0.2) is 72.8 Å². The average molecular weight is 420 g/mol. The summed E-state index contributed by atoms with van der Waals surface area (Å²) in [7, 11) is 0. The third-order valence-electron chi connectivity index (χ3n) is 7.20. The van der Waals surface area contributed by atoms with Crippen LogP contribution in [-0.4, -0.2) is 11.8 Å². The van der Waals surface area contributed by atoms with Crippen molar-refractivity contribution in [3.05, 3.63) is 99.5 Å². The monoisotopic (exact) mass is 419 g/mol. The fourth-order valence-electron chi connectivity index (χ4n) is 6.28. The Balaban J connectivity index is 1.61. The second kappa shape index (κ2) is 5.10. The topological polar surface area (TPSA) is 37.4 Å². The third kappa shape index (κ3) is 1.52. The number of piperidine rings is 1. The first kappa shape index (κ1) is 17.3. The molecule has 2 fully saturated rings. The largest absolute Gasteiger partial charge is 0.273 e. The maximum atomic E-state index is 13.9. The van der Waals surface area contributed by atoms with E-state index in [0.717, 1.165) is 16.7 Å². The van der Waals surface area contributed by atoms with Gasteiger partial charge in [-0.1, -0.05) is 77.8 Å². The molecule has 0 unspecified atom stereocenters. The lowest BCUT2D eigenvalue weighted by molar-refractivity contribution is -0.126. The van der Waals surface area contributed by atoms with E-state index in [9.17, 15) is 9.59 Å². The van der Waals surface area contributed by atoms with Crippen molar-refractivity contribution in [3.63, 3.8) is 0 Å². The smallest absolute Gasteiger partial charge is 0.246 e. The van der Waals surface area contributed by atoms with Gasteiger partial charge < -0.3 is 0 Å². The van der Waals surface area contributed by atoms with E-state index in [1.807, 2.05) is 61.5 Å². The molecule has 3 aromatic rings. The normalized spacial score (nSPS) is 31.1. The van der Waals surface area contributed by atoms with E-state index in [1.54, 1.807) is 18.2 Å². The van der Waals surface area contributed by atoms with Gasteiger partial charge in [0.1, 0.15) is 5.41 Å². The van der Waals surface area contributed by atoms with Crippen molar-refractivity contribution in [1.82, 2.24) is 0 Å². The number of imide groups is 1. The number of fused-ring (bicyclic) bond motifs is 3. The number of amides is 2. The van der Waals surface area contributed by atoms with Crippen LogP contribution < -0.4 is 4.90 Å². The van der Waals surface area contributed by atoms with E-state index in [4.69, 9.17) is 23.2 Å². The van der Waals surface area contributed by atoms with E-state index >= 15 is 0 Å². The molecule has 3 aromatic carbocycles. The number of carbonyl (C=O) groups is 2. The Kier molecular flexibility index (Phi) is 3.04. The molecule has 5 heteroatoms. The first-order chi connectivity index (χ1) is 13.9. The number of anilines is 1. The number of hydrogen-bond acceptors (Lipinski definition) is 2.